The van der Waals surface area contributed by atoms with Crippen LogP contribution in [0.15, 0.2) is 16.6 Å². The molecule has 0 aromatic carbocycles. The van der Waals surface area contributed by atoms with Crippen molar-refractivity contribution in [3.8, 4) is 5.88 Å². The SMILES string of the molecule is FC(F)COc1nc(Cl)ccc1Br. The molecule has 0 unspecified atom stereocenters. The first kappa shape index (κ1) is 10.7. The third-order valence-electron chi connectivity index (χ3n) is 1.13. The number of alkyl halides is 2. The van der Waals surface area contributed by atoms with Gasteiger partial charge in [0.15, 0.2) is 6.61 Å². The first-order valence-electron chi connectivity index (χ1n) is 3.32. The molecular formula is C7H5BrClF2NO. The van der Waals surface area contributed by atoms with Gasteiger partial charge in [0.1, 0.15) is 5.15 Å². The molecule has 1 aromatic heterocycles. The molecule has 6 heteroatoms. The lowest BCUT2D eigenvalue weighted by Gasteiger charge is -2.05. The third-order valence-corrected chi connectivity index (χ3v) is 1.94. The Kier molecular flexibility index (Phi) is 3.87. The predicted molar refractivity (Wildman–Crippen MR) is 48.4 cm³/mol. The molecule has 0 aliphatic carbocycles. The van der Waals surface area contributed by atoms with Gasteiger partial charge in [-0.1, -0.05) is 11.6 Å². The summed E-state index contributed by atoms with van der Waals surface area (Å²) in [4.78, 5) is 3.71. The first-order valence-corrected chi connectivity index (χ1v) is 4.49. The van der Waals surface area contributed by atoms with Crippen LogP contribution in [0.25, 0.3) is 0 Å². The molecule has 0 saturated heterocycles. The Hall–Kier alpha value is -0.420. The molecular weight excluding hydrogens is 267 g/mol. The second kappa shape index (κ2) is 4.72. The molecule has 1 rings (SSSR count). The zero-order valence-electron chi connectivity index (χ0n) is 6.31. The molecule has 1 heterocycles. The average molecular weight is 272 g/mol. The topological polar surface area (TPSA) is 22.1 Å². The van der Waals surface area contributed by atoms with E-state index in [1.54, 1.807) is 6.07 Å². The van der Waals surface area contributed by atoms with Gasteiger partial charge in [-0.2, -0.15) is 0 Å². The van der Waals surface area contributed by atoms with E-state index in [1.807, 2.05) is 0 Å². The van der Waals surface area contributed by atoms with Gasteiger partial charge in [0.2, 0.25) is 5.88 Å². The molecule has 0 spiro atoms. The second-order valence-corrected chi connectivity index (χ2v) is 3.36. The maximum Gasteiger partial charge on any atom is 0.272 e. The number of pyridine rings is 1. The van der Waals surface area contributed by atoms with Gasteiger partial charge in [-0.25, -0.2) is 13.8 Å². The summed E-state index contributed by atoms with van der Waals surface area (Å²) in [7, 11) is 0. The molecule has 1 aromatic rings. The van der Waals surface area contributed by atoms with Crippen LogP contribution in [0.4, 0.5) is 8.78 Å². The van der Waals surface area contributed by atoms with Crippen LogP contribution in [-0.4, -0.2) is 18.0 Å². The Morgan fingerprint density at radius 3 is 2.85 bits per heavy atom. The van der Waals surface area contributed by atoms with Gasteiger partial charge in [-0.15, -0.1) is 0 Å². The average Bonchev–Trinajstić information content (AvgIpc) is 2.06. The van der Waals surface area contributed by atoms with Gasteiger partial charge in [-0.3, -0.25) is 0 Å². The molecule has 0 amide bonds. The van der Waals surface area contributed by atoms with Gasteiger partial charge in [0.25, 0.3) is 6.43 Å². The van der Waals surface area contributed by atoms with E-state index in [4.69, 9.17) is 11.6 Å². The second-order valence-electron chi connectivity index (χ2n) is 2.12. The van der Waals surface area contributed by atoms with Gasteiger partial charge in [0.05, 0.1) is 4.47 Å². The highest BCUT2D eigenvalue weighted by Gasteiger charge is 2.07. The summed E-state index contributed by atoms with van der Waals surface area (Å²) in [6.45, 7) is -0.689. The summed E-state index contributed by atoms with van der Waals surface area (Å²) in [5.74, 6) is 0.0767. The third kappa shape index (κ3) is 3.44. The fourth-order valence-corrected chi connectivity index (χ4v) is 1.12. The quantitative estimate of drug-likeness (QED) is 0.789. The number of aromatic nitrogens is 1. The van der Waals surface area contributed by atoms with Gasteiger partial charge >= 0.3 is 0 Å². The van der Waals surface area contributed by atoms with Crippen LogP contribution in [0.1, 0.15) is 0 Å². The van der Waals surface area contributed by atoms with Gasteiger partial charge in [-0.05, 0) is 28.1 Å². The van der Waals surface area contributed by atoms with Crippen molar-refractivity contribution in [3.63, 3.8) is 0 Å². The Balaban J connectivity index is 2.70. The molecule has 0 fully saturated rings. The summed E-state index contributed by atoms with van der Waals surface area (Å²) < 4.78 is 28.7. The summed E-state index contributed by atoms with van der Waals surface area (Å²) in [5.41, 5.74) is 0. The van der Waals surface area contributed by atoms with Crippen LogP contribution < -0.4 is 4.74 Å². The van der Waals surface area contributed by atoms with Crippen LogP contribution in [-0.2, 0) is 0 Å². The normalized spacial score (nSPS) is 10.5. The summed E-state index contributed by atoms with van der Waals surface area (Å²) in [5, 5.41) is 0.201. The molecule has 0 N–H and O–H groups in total. The van der Waals surface area contributed by atoms with Crippen LogP contribution in [0.5, 0.6) is 5.88 Å². The van der Waals surface area contributed by atoms with E-state index in [0.717, 1.165) is 0 Å². The first-order chi connectivity index (χ1) is 6.09. The number of ether oxygens (including phenoxy) is 1. The molecule has 0 bridgehead atoms. The van der Waals surface area contributed by atoms with Gasteiger partial charge < -0.3 is 4.74 Å². The minimum atomic E-state index is -2.52. The van der Waals surface area contributed by atoms with Crippen LogP contribution in [0, 0.1) is 0 Å². The molecule has 0 radical (unpaired) electrons. The van der Waals surface area contributed by atoms with E-state index in [0.29, 0.717) is 4.47 Å². The summed E-state index contributed by atoms with van der Waals surface area (Å²) >= 11 is 8.62. The smallest absolute Gasteiger partial charge is 0.272 e. The number of hydrogen-bond donors (Lipinski definition) is 0. The fraction of sp³-hybridized carbons (Fsp3) is 0.286. The zero-order valence-corrected chi connectivity index (χ0v) is 8.65. The molecule has 13 heavy (non-hydrogen) atoms. The predicted octanol–water partition coefficient (Wildman–Crippen LogP) is 3.14. The van der Waals surface area contributed by atoms with Gasteiger partial charge in [0, 0.05) is 0 Å². The standard InChI is InChI=1S/C7H5BrClF2NO/c8-4-1-2-5(9)12-7(4)13-3-6(10)11/h1-2,6H,3H2. The molecule has 0 saturated carbocycles. The molecule has 0 atom stereocenters. The molecule has 0 aliphatic rings. The van der Waals surface area contributed by atoms with Crippen molar-refractivity contribution < 1.29 is 13.5 Å². The van der Waals surface area contributed by atoms with E-state index < -0.39 is 13.0 Å². The summed E-state index contributed by atoms with van der Waals surface area (Å²) in [6.07, 6.45) is -2.52. The lowest BCUT2D eigenvalue weighted by Crippen LogP contribution is -2.08. The number of rotatable bonds is 3. The largest absolute Gasteiger partial charge is 0.471 e. The van der Waals surface area contributed by atoms with E-state index >= 15 is 0 Å². The van der Waals surface area contributed by atoms with E-state index in [1.165, 1.54) is 6.07 Å². The number of hydrogen-bond acceptors (Lipinski definition) is 2. The van der Waals surface area contributed by atoms with Crippen molar-refractivity contribution in [1.29, 1.82) is 0 Å². The number of nitrogens with zero attached hydrogens (tertiary/aromatic N) is 1. The van der Waals surface area contributed by atoms with Crippen molar-refractivity contribution >= 4 is 27.5 Å². The van der Waals surface area contributed by atoms with Crippen molar-refractivity contribution in [3.05, 3.63) is 21.8 Å². The minimum absolute atomic E-state index is 0.0767. The molecule has 2 nitrogen and oxygen atoms in total. The maximum absolute atomic E-state index is 11.8. The maximum atomic E-state index is 11.8. The Morgan fingerprint density at radius 1 is 1.54 bits per heavy atom. The zero-order chi connectivity index (χ0) is 9.84. The molecule has 0 aliphatic heterocycles. The monoisotopic (exact) mass is 271 g/mol. The minimum Gasteiger partial charge on any atom is -0.471 e. The van der Waals surface area contributed by atoms with E-state index in [9.17, 15) is 8.78 Å². The highest BCUT2D eigenvalue weighted by molar-refractivity contribution is 9.10. The van der Waals surface area contributed by atoms with E-state index in [-0.39, 0.29) is 11.0 Å². The fourth-order valence-electron chi connectivity index (χ4n) is 0.644. The Labute approximate surface area is 87.0 Å². The summed E-state index contributed by atoms with van der Waals surface area (Å²) in [6, 6.07) is 3.11. The van der Waals surface area contributed by atoms with Crippen LogP contribution >= 0.6 is 27.5 Å². The Morgan fingerprint density at radius 2 is 2.23 bits per heavy atom. The van der Waals surface area contributed by atoms with E-state index in [2.05, 4.69) is 25.7 Å². The lowest BCUT2D eigenvalue weighted by atomic mass is 10.5. The van der Waals surface area contributed by atoms with Crippen molar-refractivity contribution in [2.45, 2.75) is 6.43 Å². The number of halogens is 4. The van der Waals surface area contributed by atoms with Crippen LogP contribution in [0.2, 0.25) is 5.15 Å². The Bertz CT molecular complexity index is 298. The molecule has 72 valence electrons. The lowest BCUT2D eigenvalue weighted by molar-refractivity contribution is 0.0792. The van der Waals surface area contributed by atoms with Crippen molar-refractivity contribution in [2.75, 3.05) is 6.61 Å². The van der Waals surface area contributed by atoms with Crippen LogP contribution in [0.3, 0.4) is 0 Å². The van der Waals surface area contributed by atoms with Crippen molar-refractivity contribution in [1.82, 2.24) is 4.98 Å². The highest BCUT2D eigenvalue weighted by Crippen LogP contribution is 2.24. The highest BCUT2D eigenvalue weighted by atomic mass is 79.9. The van der Waals surface area contributed by atoms with Crippen molar-refractivity contribution in [2.24, 2.45) is 0 Å².